The molecular formula is C8H11S2. The van der Waals surface area contributed by atoms with Gasteiger partial charge in [-0.2, -0.15) is 11.8 Å². The van der Waals surface area contributed by atoms with Crippen molar-refractivity contribution in [2.45, 2.75) is 11.7 Å². The highest BCUT2D eigenvalue weighted by Gasteiger charge is 2.00. The van der Waals surface area contributed by atoms with E-state index >= 15 is 0 Å². The molecule has 10 heavy (non-hydrogen) atoms. The van der Waals surface area contributed by atoms with Crippen LogP contribution in [0.2, 0.25) is 0 Å². The van der Waals surface area contributed by atoms with Crippen molar-refractivity contribution in [1.82, 2.24) is 0 Å². The van der Waals surface area contributed by atoms with Gasteiger partial charge in [-0.3, -0.25) is 0 Å². The van der Waals surface area contributed by atoms with Gasteiger partial charge < -0.3 is 0 Å². The largest absolute Gasteiger partial charge is 0.162 e. The van der Waals surface area contributed by atoms with Crippen molar-refractivity contribution in [3.8, 4) is 0 Å². The van der Waals surface area contributed by atoms with E-state index in [0.29, 0.717) is 5.25 Å². The van der Waals surface area contributed by atoms with Gasteiger partial charge in [0.15, 0.2) is 0 Å². The second kappa shape index (κ2) is 4.04. The second-order valence-electron chi connectivity index (χ2n) is 2.14. The first-order valence-electron chi connectivity index (χ1n) is 3.21. The van der Waals surface area contributed by atoms with E-state index in [1.54, 1.807) is 0 Å². The fourth-order valence-corrected chi connectivity index (χ4v) is 1.97. The molecule has 0 saturated carbocycles. The molecule has 0 N–H and O–H groups in total. The van der Waals surface area contributed by atoms with Crippen LogP contribution in [0, 0.1) is 6.92 Å². The molecule has 1 rings (SSSR count). The minimum atomic E-state index is 0.513. The predicted molar refractivity (Wildman–Crippen MR) is 50.7 cm³/mol. The molecule has 0 nitrogen and oxygen atoms in total. The van der Waals surface area contributed by atoms with Crippen LogP contribution in [0.3, 0.4) is 0 Å². The van der Waals surface area contributed by atoms with Gasteiger partial charge in [0, 0.05) is 10.1 Å². The van der Waals surface area contributed by atoms with E-state index in [-0.39, 0.29) is 0 Å². The summed E-state index contributed by atoms with van der Waals surface area (Å²) in [6.07, 6.45) is 3.21. The van der Waals surface area contributed by atoms with Crippen molar-refractivity contribution in [2.75, 3.05) is 6.26 Å². The molecule has 0 aromatic carbocycles. The van der Waals surface area contributed by atoms with E-state index in [1.165, 1.54) is 4.88 Å². The van der Waals surface area contributed by atoms with Crippen LogP contribution in [0.4, 0.5) is 0 Å². The van der Waals surface area contributed by atoms with Gasteiger partial charge in [0.2, 0.25) is 0 Å². The zero-order valence-electron chi connectivity index (χ0n) is 6.04. The molecule has 1 atom stereocenters. The van der Waals surface area contributed by atoms with Crippen molar-refractivity contribution >= 4 is 23.1 Å². The Kier molecular flexibility index (Phi) is 3.29. The molecule has 0 amide bonds. The monoisotopic (exact) mass is 171 g/mol. The molecular weight excluding hydrogens is 160 g/mol. The summed E-state index contributed by atoms with van der Waals surface area (Å²) >= 11 is 3.63. The van der Waals surface area contributed by atoms with Crippen molar-refractivity contribution in [1.29, 1.82) is 0 Å². The van der Waals surface area contributed by atoms with Crippen LogP contribution in [0.5, 0.6) is 0 Å². The normalized spacial score (nSPS) is 13.4. The Morgan fingerprint density at radius 3 is 3.10 bits per heavy atom. The standard InChI is InChI=1S/C8H11S2/c1-7(9-2)6-8-4-3-5-10-8/h3-5,7H,1,6H2,2H3. The first-order chi connectivity index (χ1) is 4.83. The summed E-state index contributed by atoms with van der Waals surface area (Å²) in [4.78, 5) is 1.44. The highest BCUT2D eigenvalue weighted by atomic mass is 32.2. The Labute approximate surface area is 70.7 Å². The lowest BCUT2D eigenvalue weighted by atomic mass is 10.3. The number of thioether (sulfide) groups is 1. The second-order valence-corrected chi connectivity index (χ2v) is 4.31. The average Bonchev–Trinajstić information content (AvgIpc) is 2.40. The van der Waals surface area contributed by atoms with Crippen molar-refractivity contribution in [2.24, 2.45) is 0 Å². The first-order valence-corrected chi connectivity index (χ1v) is 5.38. The van der Waals surface area contributed by atoms with Gasteiger partial charge in [-0.05, 0) is 31.0 Å². The van der Waals surface area contributed by atoms with Gasteiger partial charge >= 0.3 is 0 Å². The summed E-state index contributed by atoms with van der Waals surface area (Å²) in [6, 6.07) is 4.26. The number of hydrogen-bond acceptors (Lipinski definition) is 2. The van der Waals surface area contributed by atoms with Gasteiger partial charge in [-0.1, -0.05) is 6.07 Å². The number of rotatable bonds is 3. The molecule has 1 heterocycles. The third-order valence-electron chi connectivity index (χ3n) is 1.34. The molecule has 0 saturated heterocycles. The molecule has 0 aliphatic heterocycles. The molecule has 0 aliphatic carbocycles. The molecule has 0 fully saturated rings. The molecule has 1 aromatic rings. The van der Waals surface area contributed by atoms with Crippen molar-refractivity contribution in [3.63, 3.8) is 0 Å². The smallest absolute Gasteiger partial charge is 0.00929 e. The van der Waals surface area contributed by atoms with Crippen LogP contribution in [-0.4, -0.2) is 11.5 Å². The van der Waals surface area contributed by atoms with Crippen LogP contribution in [-0.2, 0) is 6.42 Å². The molecule has 2 heteroatoms. The lowest BCUT2D eigenvalue weighted by Gasteiger charge is -2.03. The molecule has 1 unspecified atom stereocenters. The van der Waals surface area contributed by atoms with E-state index in [0.717, 1.165) is 6.42 Å². The van der Waals surface area contributed by atoms with Gasteiger partial charge in [0.05, 0.1) is 0 Å². The predicted octanol–water partition coefficient (Wildman–Crippen LogP) is 2.86. The van der Waals surface area contributed by atoms with Crippen molar-refractivity contribution < 1.29 is 0 Å². The highest BCUT2D eigenvalue weighted by molar-refractivity contribution is 7.99. The Morgan fingerprint density at radius 1 is 1.80 bits per heavy atom. The molecule has 55 valence electrons. The lowest BCUT2D eigenvalue weighted by Crippen LogP contribution is -1.98. The third-order valence-corrected chi connectivity index (χ3v) is 3.07. The number of hydrogen-bond donors (Lipinski definition) is 0. The van der Waals surface area contributed by atoms with E-state index in [2.05, 4.69) is 30.7 Å². The summed E-state index contributed by atoms with van der Waals surface area (Å²) in [5, 5.41) is 2.63. The maximum absolute atomic E-state index is 4.00. The summed E-state index contributed by atoms with van der Waals surface area (Å²) < 4.78 is 0. The average molecular weight is 171 g/mol. The van der Waals surface area contributed by atoms with E-state index < -0.39 is 0 Å². The van der Waals surface area contributed by atoms with E-state index in [9.17, 15) is 0 Å². The Morgan fingerprint density at radius 2 is 2.60 bits per heavy atom. The van der Waals surface area contributed by atoms with E-state index in [1.807, 2.05) is 23.1 Å². The topological polar surface area (TPSA) is 0 Å². The minimum Gasteiger partial charge on any atom is -0.162 e. The Balaban J connectivity index is 2.40. The minimum absolute atomic E-state index is 0.513. The van der Waals surface area contributed by atoms with Crippen LogP contribution in [0.15, 0.2) is 17.5 Å². The highest BCUT2D eigenvalue weighted by Crippen LogP contribution is 2.16. The number of thiophene rings is 1. The zero-order valence-corrected chi connectivity index (χ0v) is 7.67. The molecule has 0 bridgehead atoms. The lowest BCUT2D eigenvalue weighted by molar-refractivity contribution is 1.05. The molecule has 1 radical (unpaired) electrons. The van der Waals surface area contributed by atoms with Crippen LogP contribution >= 0.6 is 23.1 Å². The van der Waals surface area contributed by atoms with Gasteiger partial charge in [-0.15, -0.1) is 11.3 Å². The zero-order chi connectivity index (χ0) is 7.40. The maximum atomic E-state index is 4.00. The molecule has 0 spiro atoms. The molecule has 1 aromatic heterocycles. The fourth-order valence-electron chi connectivity index (χ4n) is 0.736. The van der Waals surface area contributed by atoms with Gasteiger partial charge in [0.25, 0.3) is 0 Å². The summed E-state index contributed by atoms with van der Waals surface area (Å²) in [6.45, 7) is 4.00. The van der Waals surface area contributed by atoms with Crippen molar-refractivity contribution in [3.05, 3.63) is 29.3 Å². The maximum Gasteiger partial charge on any atom is 0.00929 e. The van der Waals surface area contributed by atoms with Gasteiger partial charge in [-0.25, -0.2) is 0 Å². The van der Waals surface area contributed by atoms with Gasteiger partial charge in [0.1, 0.15) is 0 Å². The van der Waals surface area contributed by atoms with Crippen LogP contribution in [0.1, 0.15) is 4.88 Å². The quantitative estimate of drug-likeness (QED) is 0.674. The summed E-state index contributed by atoms with van der Waals surface area (Å²) in [7, 11) is 0. The van der Waals surface area contributed by atoms with E-state index in [4.69, 9.17) is 0 Å². The summed E-state index contributed by atoms with van der Waals surface area (Å²) in [5.41, 5.74) is 0. The fraction of sp³-hybridized carbons (Fsp3) is 0.375. The molecule has 0 aliphatic rings. The summed E-state index contributed by atoms with van der Waals surface area (Å²) in [5.74, 6) is 0. The van der Waals surface area contributed by atoms with Crippen LogP contribution < -0.4 is 0 Å². The SMILES string of the molecule is [CH2]C(Cc1cccs1)SC. The van der Waals surface area contributed by atoms with Crippen LogP contribution in [0.25, 0.3) is 0 Å². The first kappa shape index (κ1) is 8.15. The Hall–Kier alpha value is 0.0500. The third kappa shape index (κ3) is 2.35. The Bertz CT molecular complexity index is 167.